The van der Waals surface area contributed by atoms with Gasteiger partial charge < -0.3 is 10.1 Å². The van der Waals surface area contributed by atoms with E-state index < -0.39 is 0 Å². The fraction of sp³-hybridized carbons (Fsp3) is 0.143. The van der Waals surface area contributed by atoms with E-state index in [1.54, 1.807) is 24.2 Å². The first-order chi connectivity index (χ1) is 12.6. The first-order valence-electron chi connectivity index (χ1n) is 8.21. The van der Waals surface area contributed by atoms with Gasteiger partial charge in [-0.15, -0.1) is 11.8 Å². The zero-order valence-corrected chi connectivity index (χ0v) is 15.8. The molecule has 4 nitrogen and oxygen atoms in total. The molecule has 2 aromatic carbocycles. The van der Waals surface area contributed by atoms with Crippen molar-refractivity contribution in [3.05, 3.63) is 77.6 Å². The van der Waals surface area contributed by atoms with Crippen molar-refractivity contribution >= 4 is 23.4 Å². The summed E-state index contributed by atoms with van der Waals surface area (Å²) in [7, 11) is 0. The fourth-order valence-electron chi connectivity index (χ4n) is 2.55. The lowest BCUT2D eigenvalue weighted by atomic mass is 10.1. The van der Waals surface area contributed by atoms with Crippen LogP contribution in [-0.4, -0.2) is 17.1 Å². The van der Waals surface area contributed by atoms with Gasteiger partial charge in [-0.2, -0.15) is 0 Å². The number of carbonyl (C=O) groups excluding carboxylic acids is 1. The molecule has 3 aromatic rings. The molecular weight excluding hydrogens is 344 g/mol. The Hall–Kier alpha value is -2.79. The topological polar surface area (TPSA) is 51.2 Å². The van der Waals surface area contributed by atoms with Gasteiger partial charge in [0, 0.05) is 22.3 Å². The van der Waals surface area contributed by atoms with Crippen LogP contribution in [0.5, 0.6) is 11.5 Å². The van der Waals surface area contributed by atoms with Crippen LogP contribution in [0.1, 0.15) is 21.5 Å². The Morgan fingerprint density at radius 2 is 1.92 bits per heavy atom. The average Bonchev–Trinajstić information content (AvgIpc) is 2.65. The molecule has 1 aromatic heterocycles. The van der Waals surface area contributed by atoms with Gasteiger partial charge in [0.2, 0.25) is 0 Å². The molecule has 0 radical (unpaired) electrons. The predicted molar refractivity (Wildman–Crippen MR) is 106 cm³/mol. The summed E-state index contributed by atoms with van der Waals surface area (Å²) in [6.07, 6.45) is 5.36. The van der Waals surface area contributed by atoms with Gasteiger partial charge in [0.05, 0.1) is 6.20 Å². The Bertz CT molecular complexity index is 927. The molecule has 0 unspecified atom stereocenters. The van der Waals surface area contributed by atoms with E-state index in [2.05, 4.69) is 10.3 Å². The van der Waals surface area contributed by atoms with Gasteiger partial charge in [0.1, 0.15) is 11.5 Å². The first kappa shape index (κ1) is 18.0. The van der Waals surface area contributed by atoms with Gasteiger partial charge in [-0.25, -0.2) is 0 Å². The van der Waals surface area contributed by atoms with E-state index in [4.69, 9.17) is 4.74 Å². The third kappa shape index (κ3) is 4.24. The summed E-state index contributed by atoms with van der Waals surface area (Å²) in [4.78, 5) is 17.7. The van der Waals surface area contributed by atoms with Gasteiger partial charge in [0.25, 0.3) is 5.91 Å². The van der Waals surface area contributed by atoms with Crippen molar-refractivity contribution in [3.63, 3.8) is 0 Å². The number of hydrogen-bond acceptors (Lipinski definition) is 4. The van der Waals surface area contributed by atoms with Gasteiger partial charge in [-0.3, -0.25) is 9.78 Å². The van der Waals surface area contributed by atoms with Crippen molar-refractivity contribution in [2.75, 3.05) is 11.6 Å². The van der Waals surface area contributed by atoms with Crippen LogP contribution in [-0.2, 0) is 0 Å². The molecule has 132 valence electrons. The monoisotopic (exact) mass is 364 g/mol. The maximum Gasteiger partial charge on any atom is 0.255 e. The first-order valence-corrected chi connectivity index (χ1v) is 9.44. The number of aryl methyl sites for hydroxylation is 2. The second-order valence-electron chi connectivity index (χ2n) is 5.91. The number of benzene rings is 2. The lowest BCUT2D eigenvalue weighted by Gasteiger charge is -2.12. The molecule has 5 heteroatoms. The summed E-state index contributed by atoms with van der Waals surface area (Å²) in [6.45, 7) is 3.88. The van der Waals surface area contributed by atoms with E-state index in [1.807, 2.05) is 68.6 Å². The summed E-state index contributed by atoms with van der Waals surface area (Å²) in [5.41, 5.74) is 3.31. The second kappa shape index (κ2) is 8.06. The van der Waals surface area contributed by atoms with E-state index in [1.165, 1.54) is 0 Å². The maximum absolute atomic E-state index is 12.6. The van der Waals surface area contributed by atoms with Crippen molar-refractivity contribution < 1.29 is 9.53 Å². The number of rotatable bonds is 5. The summed E-state index contributed by atoms with van der Waals surface area (Å²) in [5.74, 6) is 1.30. The highest BCUT2D eigenvalue weighted by Crippen LogP contribution is 2.27. The quantitative estimate of drug-likeness (QED) is 0.610. The van der Waals surface area contributed by atoms with E-state index in [9.17, 15) is 4.79 Å². The van der Waals surface area contributed by atoms with Crippen LogP contribution in [0.15, 0.2) is 65.8 Å². The fourth-order valence-corrected chi connectivity index (χ4v) is 2.99. The lowest BCUT2D eigenvalue weighted by molar-refractivity contribution is 0.102. The number of amides is 1. The molecule has 0 fully saturated rings. The molecule has 0 aliphatic rings. The van der Waals surface area contributed by atoms with Gasteiger partial charge in [-0.05, 0) is 73.7 Å². The lowest BCUT2D eigenvalue weighted by Crippen LogP contribution is -2.13. The number of hydrogen-bond donors (Lipinski definition) is 1. The summed E-state index contributed by atoms with van der Waals surface area (Å²) in [6, 6.07) is 15.2. The van der Waals surface area contributed by atoms with Crippen LogP contribution >= 0.6 is 11.8 Å². The van der Waals surface area contributed by atoms with Crippen LogP contribution in [0.4, 0.5) is 5.69 Å². The van der Waals surface area contributed by atoms with E-state index >= 15 is 0 Å². The molecule has 0 spiro atoms. The molecular formula is C21H20N2O2S. The molecule has 1 amide bonds. The van der Waals surface area contributed by atoms with Crippen LogP contribution in [0.2, 0.25) is 0 Å². The molecule has 0 atom stereocenters. The largest absolute Gasteiger partial charge is 0.455 e. The summed E-state index contributed by atoms with van der Waals surface area (Å²) >= 11 is 1.62. The van der Waals surface area contributed by atoms with Crippen molar-refractivity contribution in [1.82, 2.24) is 4.98 Å². The van der Waals surface area contributed by atoms with E-state index in [-0.39, 0.29) is 5.91 Å². The minimum Gasteiger partial charge on any atom is -0.455 e. The molecule has 1 heterocycles. The number of nitrogens with one attached hydrogen (secondary N) is 1. The summed E-state index contributed by atoms with van der Waals surface area (Å²) < 4.78 is 5.83. The number of nitrogens with zero attached hydrogens (tertiary/aromatic N) is 1. The Labute approximate surface area is 157 Å². The van der Waals surface area contributed by atoms with Crippen LogP contribution < -0.4 is 10.1 Å². The second-order valence-corrected chi connectivity index (χ2v) is 6.79. The van der Waals surface area contributed by atoms with Gasteiger partial charge >= 0.3 is 0 Å². The van der Waals surface area contributed by atoms with E-state index in [0.29, 0.717) is 11.3 Å². The predicted octanol–water partition coefficient (Wildman–Crippen LogP) is 5.46. The minimum atomic E-state index is -0.112. The zero-order chi connectivity index (χ0) is 18.5. The molecule has 26 heavy (non-hydrogen) atoms. The van der Waals surface area contributed by atoms with Crippen molar-refractivity contribution in [2.45, 2.75) is 18.7 Å². The average molecular weight is 364 g/mol. The van der Waals surface area contributed by atoms with Crippen molar-refractivity contribution in [1.29, 1.82) is 0 Å². The molecule has 0 bridgehead atoms. The Kier molecular flexibility index (Phi) is 5.58. The Morgan fingerprint density at radius 1 is 1.08 bits per heavy atom. The number of ether oxygens (including phenoxy) is 1. The highest BCUT2D eigenvalue weighted by atomic mass is 32.2. The third-order valence-corrected chi connectivity index (χ3v) is 4.71. The van der Waals surface area contributed by atoms with E-state index in [0.717, 1.165) is 27.5 Å². The number of aromatic nitrogens is 1. The SMILES string of the molecule is CSc1ccc(C)c(C(=O)Nc2ccc(Oc3cccnc3)c(C)c2)c1. The number of thioether (sulfide) groups is 1. The van der Waals surface area contributed by atoms with Gasteiger partial charge in [0.15, 0.2) is 0 Å². The standard InChI is InChI=1S/C21H20N2O2S/c1-14-6-8-18(26-3)12-19(14)21(24)23-16-7-9-20(15(2)11-16)25-17-5-4-10-22-13-17/h4-13H,1-3H3,(H,23,24). The van der Waals surface area contributed by atoms with Gasteiger partial charge in [-0.1, -0.05) is 6.07 Å². The van der Waals surface area contributed by atoms with Crippen LogP contribution in [0, 0.1) is 13.8 Å². The normalized spacial score (nSPS) is 10.4. The molecule has 0 aliphatic heterocycles. The number of carbonyl (C=O) groups is 1. The molecule has 1 N–H and O–H groups in total. The minimum absolute atomic E-state index is 0.112. The van der Waals surface area contributed by atoms with Crippen molar-refractivity contribution in [3.8, 4) is 11.5 Å². The molecule has 3 rings (SSSR count). The van der Waals surface area contributed by atoms with Crippen LogP contribution in [0.3, 0.4) is 0 Å². The zero-order valence-electron chi connectivity index (χ0n) is 14.9. The van der Waals surface area contributed by atoms with Crippen LogP contribution in [0.25, 0.3) is 0 Å². The number of anilines is 1. The summed E-state index contributed by atoms with van der Waals surface area (Å²) in [5, 5.41) is 2.97. The third-order valence-electron chi connectivity index (χ3n) is 3.98. The Morgan fingerprint density at radius 3 is 2.62 bits per heavy atom. The molecule has 0 aliphatic carbocycles. The number of pyridine rings is 1. The highest BCUT2D eigenvalue weighted by molar-refractivity contribution is 7.98. The maximum atomic E-state index is 12.6. The molecule has 0 saturated carbocycles. The molecule has 0 saturated heterocycles. The highest BCUT2D eigenvalue weighted by Gasteiger charge is 2.11. The Balaban J connectivity index is 1.76. The smallest absolute Gasteiger partial charge is 0.255 e. The van der Waals surface area contributed by atoms with Crippen molar-refractivity contribution in [2.24, 2.45) is 0 Å².